The number of unbranched alkanes of at least 4 members (excludes halogenated alkanes) is 6. The first-order chi connectivity index (χ1) is 25.9. The van der Waals surface area contributed by atoms with Gasteiger partial charge in [0.05, 0.1) is 6.10 Å². The summed E-state index contributed by atoms with van der Waals surface area (Å²) in [6, 6.07) is 7.00. The van der Waals surface area contributed by atoms with Gasteiger partial charge >= 0.3 is 18.2 Å². The van der Waals surface area contributed by atoms with Crippen LogP contribution in [0.1, 0.15) is 146 Å². The van der Waals surface area contributed by atoms with Crippen molar-refractivity contribution in [3.8, 4) is 5.75 Å². The van der Waals surface area contributed by atoms with E-state index in [4.69, 9.17) is 4.74 Å². The molecule has 4 fully saturated rings. The summed E-state index contributed by atoms with van der Waals surface area (Å²) in [5.41, 5.74) is 2.77. The quantitative estimate of drug-likeness (QED) is 0.134. The third-order valence-corrected chi connectivity index (χ3v) is 15.4. The van der Waals surface area contributed by atoms with Crippen molar-refractivity contribution in [2.75, 3.05) is 37.7 Å². The molecule has 3 aliphatic carbocycles. The van der Waals surface area contributed by atoms with Crippen LogP contribution in [0.15, 0.2) is 18.2 Å². The van der Waals surface area contributed by atoms with Gasteiger partial charge in [-0.2, -0.15) is 33.7 Å². The number of likely N-dealkylation sites (tertiary alicyclic amines) is 2. The molecular weight excluding hydrogens is 720 g/mol. The maximum Gasteiger partial charge on any atom is 0.453 e. The lowest BCUT2D eigenvalue weighted by Gasteiger charge is -2.53. The van der Waals surface area contributed by atoms with E-state index in [1.165, 1.54) is 80.9 Å². The first kappa shape index (κ1) is 42.0. The number of halogens is 5. The highest BCUT2D eigenvalue weighted by Gasteiger charge is 2.57. The van der Waals surface area contributed by atoms with Crippen molar-refractivity contribution in [1.29, 1.82) is 0 Å². The number of benzene rings is 1. The Morgan fingerprint density at radius 3 is 2.28 bits per heavy atom. The summed E-state index contributed by atoms with van der Waals surface area (Å²) in [5.74, 6) is -0.651. The van der Waals surface area contributed by atoms with E-state index in [0.717, 1.165) is 89.5 Å². The molecule has 2 heterocycles. The number of aliphatic hydroxyl groups excluding tert-OH is 1. The number of nitrogens with zero attached hydrogens (tertiary/aromatic N) is 2. The van der Waals surface area contributed by atoms with Gasteiger partial charge in [-0.15, -0.1) is 0 Å². The topological polar surface area (TPSA) is 53.0 Å². The molecule has 5 unspecified atom stereocenters. The number of rotatable bonds is 16. The number of aliphatic hydroxyl groups is 1. The number of hydrogen-bond acceptors (Lipinski definition) is 5. The molecule has 0 bridgehead atoms. The molecule has 11 heteroatoms. The third kappa shape index (κ3) is 10.1. The fraction of sp³-hybridized carbons (Fsp3) is 0.837. The van der Waals surface area contributed by atoms with Gasteiger partial charge in [-0.25, -0.2) is 4.79 Å². The molecular formula is C43H65F5N2O3S. The van der Waals surface area contributed by atoms with Gasteiger partial charge in [0.15, 0.2) is 0 Å². The van der Waals surface area contributed by atoms with Gasteiger partial charge in [0.1, 0.15) is 5.75 Å². The average Bonchev–Trinajstić information content (AvgIpc) is 3.46. The number of ether oxygens (including phenoxy) is 1. The maximum atomic E-state index is 13.3. The minimum Gasteiger partial charge on any atom is -0.410 e. The van der Waals surface area contributed by atoms with Gasteiger partial charge in [0.2, 0.25) is 0 Å². The molecule has 6 atom stereocenters. The van der Waals surface area contributed by atoms with E-state index >= 15 is 0 Å². The summed E-state index contributed by atoms with van der Waals surface area (Å²) in [6.07, 6.45) is 12.9. The van der Waals surface area contributed by atoms with Crippen molar-refractivity contribution < 1.29 is 36.6 Å². The Balaban J connectivity index is 0.953. The van der Waals surface area contributed by atoms with Crippen LogP contribution in [0.4, 0.5) is 26.7 Å². The van der Waals surface area contributed by atoms with E-state index in [1.54, 1.807) is 0 Å². The third-order valence-electron chi connectivity index (χ3n) is 14.2. The summed E-state index contributed by atoms with van der Waals surface area (Å²) >= 11 is 1.47. The highest BCUT2D eigenvalue weighted by atomic mass is 32.2. The molecule has 1 amide bonds. The zero-order chi connectivity index (χ0) is 38.3. The largest absolute Gasteiger partial charge is 0.453 e. The van der Waals surface area contributed by atoms with Gasteiger partial charge in [0, 0.05) is 25.6 Å². The van der Waals surface area contributed by atoms with Crippen LogP contribution in [-0.4, -0.2) is 82.9 Å². The molecule has 1 aromatic carbocycles. The number of alkyl halides is 5. The number of amides is 1. The Morgan fingerprint density at radius 2 is 1.56 bits per heavy atom. The minimum atomic E-state index is -5.45. The van der Waals surface area contributed by atoms with Gasteiger partial charge in [-0.1, -0.05) is 57.9 Å². The van der Waals surface area contributed by atoms with E-state index in [0.29, 0.717) is 41.2 Å². The second kappa shape index (κ2) is 18.8. The second-order valence-corrected chi connectivity index (χ2v) is 18.8. The standard InChI is InChI=1S/C43H65F5N2O3S/c1-41-22-18-36-35-15-14-34(53-40(52)50-25-19-33(20-26-50)49-23-9-7-10-24-49)30-32(35)29-31(39(36)37(41)16-17-38(41)51)13-8-5-3-2-4-6-11-27-54-28-12-21-42(44,45)43(46,47)48/h14-15,30-31,33,36-39,51H,2-13,16-29H2,1H3/t31-,36?,37?,38?,39?,41?/m1/s1. The molecule has 2 saturated carbocycles. The monoisotopic (exact) mass is 784 g/mol. The predicted octanol–water partition coefficient (Wildman–Crippen LogP) is 11.4. The molecule has 2 aliphatic heterocycles. The van der Waals surface area contributed by atoms with Crippen LogP contribution in [0, 0.1) is 23.2 Å². The summed E-state index contributed by atoms with van der Waals surface area (Å²) in [7, 11) is 0. The SMILES string of the molecule is CC12CCC3c4ccc(OC(=O)N5CCC(N6CCCCC6)CC5)cc4C[C@@H](CCCCCCCCCSCCCC(F)(F)C(F)(F)F)C3C1CCC2O. The Hall–Kier alpha value is -1.59. The number of fused-ring (bicyclic) bond motifs is 5. The molecule has 0 aromatic heterocycles. The van der Waals surface area contributed by atoms with Crippen molar-refractivity contribution in [2.45, 2.75) is 166 Å². The molecule has 1 N–H and O–H groups in total. The van der Waals surface area contributed by atoms with Crippen LogP contribution in [0.5, 0.6) is 5.75 Å². The molecule has 54 heavy (non-hydrogen) atoms. The highest BCUT2D eigenvalue weighted by Crippen LogP contribution is 2.63. The molecule has 306 valence electrons. The predicted molar refractivity (Wildman–Crippen MR) is 206 cm³/mol. The first-order valence-electron chi connectivity index (χ1n) is 21.4. The highest BCUT2D eigenvalue weighted by molar-refractivity contribution is 7.99. The zero-order valence-corrected chi connectivity index (χ0v) is 33.4. The van der Waals surface area contributed by atoms with Gasteiger partial charge in [-0.3, -0.25) is 0 Å². The maximum absolute atomic E-state index is 13.3. The number of carbonyl (C=O) groups excluding carboxylic acids is 1. The Kier molecular flexibility index (Phi) is 14.6. The van der Waals surface area contributed by atoms with Crippen molar-refractivity contribution >= 4 is 17.9 Å². The van der Waals surface area contributed by atoms with E-state index in [1.807, 2.05) is 11.0 Å². The van der Waals surface area contributed by atoms with Crippen molar-refractivity contribution in [2.24, 2.45) is 23.2 Å². The lowest BCUT2D eigenvalue weighted by atomic mass is 9.52. The number of hydrogen-bond donors (Lipinski definition) is 1. The van der Waals surface area contributed by atoms with E-state index in [2.05, 4.69) is 24.0 Å². The summed E-state index contributed by atoms with van der Waals surface area (Å²) in [6.45, 7) is 6.22. The first-order valence-corrected chi connectivity index (χ1v) is 22.6. The van der Waals surface area contributed by atoms with E-state index in [9.17, 15) is 31.9 Å². The average molecular weight is 785 g/mol. The van der Waals surface area contributed by atoms with E-state index in [-0.39, 0.29) is 24.0 Å². The van der Waals surface area contributed by atoms with Crippen molar-refractivity contribution in [1.82, 2.24) is 9.80 Å². The van der Waals surface area contributed by atoms with Crippen molar-refractivity contribution in [3.63, 3.8) is 0 Å². The molecule has 5 nitrogen and oxygen atoms in total. The minimum absolute atomic E-state index is 0.000271. The van der Waals surface area contributed by atoms with Crippen LogP contribution in [-0.2, 0) is 6.42 Å². The van der Waals surface area contributed by atoms with Crippen LogP contribution >= 0.6 is 11.8 Å². The molecule has 5 aliphatic rings. The lowest BCUT2D eigenvalue weighted by molar-refractivity contribution is -0.284. The number of piperidine rings is 2. The van der Waals surface area contributed by atoms with Gasteiger partial charge < -0.3 is 19.6 Å². The summed E-state index contributed by atoms with van der Waals surface area (Å²) in [4.78, 5) is 17.8. The number of thioether (sulfide) groups is 1. The van der Waals surface area contributed by atoms with E-state index < -0.39 is 18.5 Å². The normalized spacial score (nSPS) is 29.5. The molecule has 0 spiro atoms. The number of carbonyl (C=O) groups is 1. The Morgan fingerprint density at radius 1 is 0.870 bits per heavy atom. The van der Waals surface area contributed by atoms with Crippen LogP contribution < -0.4 is 4.74 Å². The fourth-order valence-electron chi connectivity index (χ4n) is 11.1. The smallest absolute Gasteiger partial charge is 0.410 e. The molecule has 6 rings (SSSR count). The Bertz CT molecular complexity index is 1350. The van der Waals surface area contributed by atoms with Crippen LogP contribution in [0.25, 0.3) is 0 Å². The fourth-order valence-corrected chi connectivity index (χ4v) is 12.0. The summed E-state index contributed by atoms with van der Waals surface area (Å²) in [5, 5.41) is 11.1. The molecule has 2 saturated heterocycles. The zero-order valence-electron chi connectivity index (χ0n) is 32.5. The van der Waals surface area contributed by atoms with Gasteiger partial charge in [-0.05, 0) is 154 Å². The lowest BCUT2D eigenvalue weighted by Crippen LogP contribution is -2.48. The molecule has 1 aromatic rings. The van der Waals surface area contributed by atoms with Gasteiger partial charge in [0.25, 0.3) is 0 Å². The second-order valence-electron chi connectivity index (χ2n) is 17.6. The summed E-state index contributed by atoms with van der Waals surface area (Å²) < 4.78 is 69.1. The van der Waals surface area contributed by atoms with Crippen molar-refractivity contribution in [3.05, 3.63) is 29.3 Å². The molecule has 0 radical (unpaired) electrons. The van der Waals surface area contributed by atoms with Crippen LogP contribution in [0.2, 0.25) is 0 Å². The van der Waals surface area contributed by atoms with Crippen LogP contribution in [0.3, 0.4) is 0 Å². The Labute approximate surface area is 324 Å².